The fourth-order valence-electron chi connectivity index (χ4n) is 1.58. The highest BCUT2D eigenvalue weighted by Gasteiger charge is 2.05. The van der Waals surface area contributed by atoms with Crippen LogP contribution in [0.25, 0.3) is 11.1 Å². The second-order valence-corrected chi connectivity index (χ2v) is 4.75. The summed E-state index contributed by atoms with van der Waals surface area (Å²) in [4.78, 5) is 8.44. The monoisotopic (exact) mass is 257 g/mol. The minimum Gasteiger partial charge on any atom is -0.431 e. The van der Waals surface area contributed by atoms with Gasteiger partial charge in [0.2, 0.25) is 0 Å². The van der Waals surface area contributed by atoms with E-state index in [0.717, 1.165) is 22.4 Å². The smallest absolute Gasteiger partial charge is 0.257 e. The molecule has 0 aliphatic rings. The van der Waals surface area contributed by atoms with Gasteiger partial charge >= 0.3 is 0 Å². The number of benzene rings is 1. The summed E-state index contributed by atoms with van der Waals surface area (Å²) in [6.07, 6.45) is 1.77. The lowest BCUT2D eigenvalue weighted by Gasteiger charge is -1.98. The molecule has 0 saturated heterocycles. The Kier molecular flexibility index (Phi) is 2.90. The Bertz CT molecular complexity index is 630. The van der Waals surface area contributed by atoms with Crippen LogP contribution in [0.15, 0.2) is 52.2 Å². The number of para-hydroxylation sites is 2. The summed E-state index contributed by atoms with van der Waals surface area (Å²) in [6.45, 7) is 0. The zero-order valence-electron chi connectivity index (χ0n) is 9.54. The summed E-state index contributed by atoms with van der Waals surface area (Å²) in [5.74, 6) is 1.30. The van der Waals surface area contributed by atoms with E-state index in [0.29, 0.717) is 11.0 Å². The maximum Gasteiger partial charge on any atom is 0.257 e. The summed E-state index contributed by atoms with van der Waals surface area (Å²) in [5.41, 5.74) is 8.33. The molecule has 4 nitrogen and oxygen atoms in total. The van der Waals surface area contributed by atoms with Crippen molar-refractivity contribution in [2.75, 3.05) is 5.73 Å². The molecular weight excluding hydrogens is 246 g/mol. The van der Waals surface area contributed by atoms with Crippen LogP contribution in [0.3, 0.4) is 0 Å². The van der Waals surface area contributed by atoms with E-state index in [1.165, 1.54) is 0 Å². The van der Waals surface area contributed by atoms with Crippen molar-refractivity contribution in [1.29, 1.82) is 0 Å². The fourth-order valence-corrected chi connectivity index (χ4v) is 2.35. The summed E-state index contributed by atoms with van der Waals surface area (Å²) in [7, 11) is 0. The molecule has 2 N–H and O–H groups in total. The number of aromatic nitrogens is 2. The Morgan fingerprint density at radius 3 is 2.83 bits per heavy atom. The Hall–Kier alpha value is -2.01. The van der Waals surface area contributed by atoms with Crippen molar-refractivity contribution in [3.05, 3.63) is 48.2 Å². The molecule has 0 fully saturated rings. The molecule has 0 saturated carbocycles. The van der Waals surface area contributed by atoms with Crippen molar-refractivity contribution in [2.24, 2.45) is 0 Å². The molecule has 0 radical (unpaired) electrons. The van der Waals surface area contributed by atoms with E-state index >= 15 is 0 Å². The second-order valence-electron chi connectivity index (χ2n) is 3.83. The zero-order chi connectivity index (χ0) is 12.4. The van der Waals surface area contributed by atoms with Gasteiger partial charge in [-0.05, 0) is 23.8 Å². The molecule has 0 aliphatic heterocycles. The molecule has 1 aromatic carbocycles. The first-order valence-corrected chi connectivity index (χ1v) is 6.48. The third-order valence-corrected chi connectivity index (χ3v) is 3.38. The lowest BCUT2D eigenvalue weighted by Crippen LogP contribution is -1.90. The second kappa shape index (κ2) is 4.70. The van der Waals surface area contributed by atoms with Gasteiger partial charge in [0.05, 0.1) is 0 Å². The van der Waals surface area contributed by atoms with Gasteiger partial charge < -0.3 is 10.2 Å². The number of hydrogen-bond donors (Lipinski definition) is 1. The third-order valence-electron chi connectivity index (χ3n) is 2.48. The molecule has 3 rings (SSSR count). The van der Waals surface area contributed by atoms with Gasteiger partial charge in [0.15, 0.2) is 5.58 Å². The molecule has 0 amide bonds. The standard InChI is InChI=1S/C13H11N3OS/c14-12-6-5-9(7-15-12)8-18-13-16-10-3-1-2-4-11(10)17-13/h1-7H,8H2,(H2,14,15). The van der Waals surface area contributed by atoms with E-state index in [-0.39, 0.29) is 0 Å². The molecule has 2 aromatic heterocycles. The first-order valence-electron chi connectivity index (χ1n) is 5.50. The molecule has 5 heteroatoms. The first-order chi connectivity index (χ1) is 8.81. The number of rotatable bonds is 3. The van der Waals surface area contributed by atoms with Crippen molar-refractivity contribution in [3.63, 3.8) is 0 Å². The number of fused-ring (bicyclic) bond motifs is 1. The highest BCUT2D eigenvalue weighted by atomic mass is 32.2. The van der Waals surface area contributed by atoms with Crippen LogP contribution in [0.2, 0.25) is 0 Å². The molecule has 0 bridgehead atoms. The minimum atomic E-state index is 0.533. The van der Waals surface area contributed by atoms with Crippen LogP contribution in [0.4, 0.5) is 5.82 Å². The molecule has 3 aromatic rings. The average molecular weight is 257 g/mol. The quantitative estimate of drug-likeness (QED) is 0.730. The van der Waals surface area contributed by atoms with Crippen molar-refractivity contribution >= 4 is 28.7 Å². The first kappa shape index (κ1) is 11.1. The summed E-state index contributed by atoms with van der Waals surface area (Å²) in [5, 5.41) is 0.674. The van der Waals surface area contributed by atoms with Gasteiger partial charge in [0, 0.05) is 11.9 Å². The number of anilines is 1. The van der Waals surface area contributed by atoms with Gasteiger partial charge in [0.25, 0.3) is 5.22 Å². The number of nitrogen functional groups attached to an aromatic ring is 1. The number of thioether (sulfide) groups is 1. The van der Waals surface area contributed by atoms with Crippen LogP contribution in [-0.2, 0) is 5.75 Å². The predicted octanol–water partition coefficient (Wildman–Crippen LogP) is 3.10. The topological polar surface area (TPSA) is 64.9 Å². The van der Waals surface area contributed by atoms with Crippen molar-refractivity contribution in [2.45, 2.75) is 11.0 Å². The molecular formula is C13H11N3OS. The zero-order valence-corrected chi connectivity index (χ0v) is 10.4. The van der Waals surface area contributed by atoms with Gasteiger partial charge in [-0.3, -0.25) is 0 Å². The highest BCUT2D eigenvalue weighted by molar-refractivity contribution is 7.98. The van der Waals surface area contributed by atoms with Crippen LogP contribution in [0, 0.1) is 0 Å². The van der Waals surface area contributed by atoms with Crippen molar-refractivity contribution in [3.8, 4) is 0 Å². The number of pyridine rings is 1. The molecule has 18 heavy (non-hydrogen) atoms. The molecule has 0 aliphatic carbocycles. The van der Waals surface area contributed by atoms with Crippen LogP contribution in [0.1, 0.15) is 5.56 Å². The van der Waals surface area contributed by atoms with E-state index in [1.54, 1.807) is 24.0 Å². The lowest BCUT2D eigenvalue weighted by molar-refractivity contribution is 0.489. The van der Waals surface area contributed by atoms with Crippen LogP contribution >= 0.6 is 11.8 Å². The SMILES string of the molecule is Nc1ccc(CSc2nc3ccccc3o2)cn1. The van der Waals surface area contributed by atoms with E-state index in [4.69, 9.17) is 10.2 Å². The normalized spacial score (nSPS) is 10.9. The molecule has 0 atom stereocenters. The Balaban J connectivity index is 1.74. The summed E-state index contributed by atoms with van der Waals surface area (Å²) >= 11 is 1.55. The van der Waals surface area contributed by atoms with Crippen LogP contribution in [-0.4, -0.2) is 9.97 Å². The van der Waals surface area contributed by atoms with Gasteiger partial charge in [-0.15, -0.1) is 0 Å². The lowest BCUT2D eigenvalue weighted by atomic mass is 10.3. The van der Waals surface area contributed by atoms with E-state index in [1.807, 2.05) is 30.3 Å². The Morgan fingerprint density at radius 1 is 1.17 bits per heavy atom. The van der Waals surface area contributed by atoms with Crippen LogP contribution < -0.4 is 5.73 Å². The maximum atomic E-state index is 5.62. The number of hydrogen-bond acceptors (Lipinski definition) is 5. The Morgan fingerprint density at radius 2 is 2.06 bits per heavy atom. The molecule has 2 heterocycles. The minimum absolute atomic E-state index is 0.533. The van der Waals surface area contributed by atoms with Gasteiger partial charge in [0.1, 0.15) is 11.3 Å². The van der Waals surface area contributed by atoms with Gasteiger partial charge in [-0.1, -0.05) is 30.0 Å². The van der Waals surface area contributed by atoms with E-state index in [9.17, 15) is 0 Å². The van der Waals surface area contributed by atoms with Crippen LogP contribution in [0.5, 0.6) is 0 Å². The predicted molar refractivity (Wildman–Crippen MR) is 72.2 cm³/mol. The highest BCUT2D eigenvalue weighted by Crippen LogP contribution is 2.25. The van der Waals surface area contributed by atoms with Crippen molar-refractivity contribution in [1.82, 2.24) is 9.97 Å². The molecule has 0 spiro atoms. The van der Waals surface area contributed by atoms with E-state index in [2.05, 4.69) is 9.97 Å². The van der Waals surface area contributed by atoms with Gasteiger partial charge in [-0.2, -0.15) is 0 Å². The average Bonchev–Trinajstić information content (AvgIpc) is 2.81. The number of nitrogens with zero attached hydrogens (tertiary/aromatic N) is 2. The van der Waals surface area contributed by atoms with Gasteiger partial charge in [-0.25, -0.2) is 9.97 Å². The van der Waals surface area contributed by atoms with E-state index < -0.39 is 0 Å². The third kappa shape index (κ3) is 2.31. The molecule has 90 valence electrons. The summed E-state index contributed by atoms with van der Waals surface area (Å²) < 4.78 is 5.62. The summed E-state index contributed by atoms with van der Waals surface area (Å²) in [6, 6.07) is 11.5. The Labute approximate surface area is 108 Å². The van der Waals surface area contributed by atoms with Crippen molar-refractivity contribution < 1.29 is 4.42 Å². The fraction of sp³-hybridized carbons (Fsp3) is 0.0769. The number of oxazole rings is 1. The number of nitrogens with two attached hydrogens (primary N) is 1. The maximum absolute atomic E-state index is 5.62. The largest absolute Gasteiger partial charge is 0.431 e. The molecule has 0 unspecified atom stereocenters.